The van der Waals surface area contributed by atoms with E-state index in [0.717, 1.165) is 15.6 Å². The van der Waals surface area contributed by atoms with Gasteiger partial charge < -0.3 is 5.73 Å². The predicted octanol–water partition coefficient (Wildman–Crippen LogP) is 3.72. The summed E-state index contributed by atoms with van der Waals surface area (Å²) in [6.45, 7) is 1.16. The second-order valence-corrected chi connectivity index (χ2v) is 5.67. The molecule has 0 radical (unpaired) electrons. The Balaban J connectivity index is 2.18. The summed E-state index contributed by atoms with van der Waals surface area (Å²) in [7, 11) is 2.00. The standard InChI is InChI=1S/C16H18BrFN2/c1-20(11-12-5-4-6-13(18)9-12)16(10-19)14-7-2-3-8-15(14)17/h2-9,16H,10-11,19H2,1H3. The fourth-order valence-electron chi connectivity index (χ4n) is 2.32. The molecular formula is C16H18BrFN2. The van der Waals surface area contributed by atoms with E-state index >= 15 is 0 Å². The number of nitrogens with zero attached hydrogens (tertiary/aromatic N) is 1. The van der Waals surface area contributed by atoms with Crippen LogP contribution in [0.1, 0.15) is 17.2 Å². The first-order valence-electron chi connectivity index (χ1n) is 6.51. The van der Waals surface area contributed by atoms with Gasteiger partial charge >= 0.3 is 0 Å². The lowest BCUT2D eigenvalue weighted by atomic mass is 10.0. The Bertz CT molecular complexity index is 574. The molecule has 20 heavy (non-hydrogen) atoms. The van der Waals surface area contributed by atoms with Crippen molar-refractivity contribution in [3.63, 3.8) is 0 Å². The van der Waals surface area contributed by atoms with Gasteiger partial charge in [0.1, 0.15) is 5.82 Å². The van der Waals surface area contributed by atoms with E-state index in [-0.39, 0.29) is 11.9 Å². The molecule has 0 aliphatic carbocycles. The number of likely N-dealkylation sites (N-methyl/N-ethyl adjacent to an activating group) is 1. The number of hydrogen-bond acceptors (Lipinski definition) is 2. The van der Waals surface area contributed by atoms with Gasteiger partial charge in [0.05, 0.1) is 0 Å². The SMILES string of the molecule is CN(Cc1cccc(F)c1)C(CN)c1ccccc1Br. The summed E-state index contributed by atoms with van der Waals surface area (Å²) in [6, 6.07) is 14.8. The Morgan fingerprint density at radius 3 is 2.60 bits per heavy atom. The number of hydrogen-bond donors (Lipinski definition) is 1. The van der Waals surface area contributed by atoms with Crippen LogP contribution in [0.2, 0.25) is 0 Å². The molecule has 0 aliphatic heterocycles. The lowest BCUT2D eigenvalue weighted by Crippen LogP contribution is -2.30. The molecule has 2 rings (SSSR count). The van der Waals surface area contributed by atoms with Gasteiger partial charge in [0.15, 0.2) is 0 Å². The van der Waals surface area contributed by atoms with E-state index in [4.69, 9.17) is 5.73 Å². The van der Waals surface area contributed by atoms with Gasteiger partial charge in [-0.2, -0.15) is 0 Å². The topological polar surface area (TPSA) is 29.3 Å². The maximum absolute atomic E-state index is 13.2. The normalized spacial score (nSPS) is 12.7. The van der Waals surface area contributed by atoms with E-state index in [1.165, 1.54) is 6.07 Å². The van der Waals surface area contributed by atoms with Crippen molar-refractivity contribution in [3.05, 3.63) is 69.9 Å². The van der Waals surface area contributed by atoms with Crippen LogP contribution in [0.25, 0.3) is 0 Å². The van der Waals surface area contributed by atoms with Gasteiger partial charge in [-0.1, -0.05) is 46.3 Å². The van der Waals surface area contributed by atoms with Crippen LogP contribution in [0.4, 0.5) is 4.39 Å². The lowest BCUT2D eigenvalue weighted by molar-refractivity contribution is 0.241. The van der Waals surface area contributed by atoms with Crippen LogP contribution < -0.4 is 5.73 Å². The van der Waals surface area contributed by atoms with Crippen molar-refractivity contribution in [2.24, 2.45) is 5.73 Å². The molecule has 0 amide bonds. The summed E-state index contributed by atoms with van der Waals surface area (Å²) < 4.78 is 14.3. The molecule has 2 N–H and O–H groups in total. The minimum atomic E-state index is -0.207. The third-order valence-electron chi connectivity index (χ3n) is 3.34. The molecule has 0 fully saturated rings. The van der Waals surface area contributed by atoms with E-state index in [2.05, 4.69) is 26.9 Å². The van der Waals surface area contributed by atoms with E-state index in [9.17, 15) is 4.39 Å². The molecule has 4 heteroatoms. The number of halogens is 2. The minimum absolute atomic E-state index is 0.0915. The molecule has 0 aliphatic rings. The summed E-state index contributed by atoms with van der Waals surface area (Å²) in [6.07, 6.45) is 0. The summed E-state index contributed by atoms with van der Waals surface area (Å²) in [5.74, 6) is -0.207. The zero-order chi connectivity index (χ0) is 14.5. The molecule has 0 saturated carbocycles. The van der Waals surface area contributed by atoms with Gasteiger partial charge in [-0.15, -0.1) is 0 Å². The third-order valence-corrected chi connectivity index (χ3v) is 4.06. The Kier molecular flexibility index (Phi) is 5.29. The Hall–Kier alpha value is -1.23. The molecule has 1 atom stereocenters. The summed E-state index contributed by atoms with van der Waals surface area (Å²) in [4.78, 5) is 2.13. The van der Waals surface area contributed by atoms with Crippen LogP contribution in [-0.2, 0) is 6.54 Å². The number of nitrogens with two attached hydrogens (primary N) is 1. The van der Waals surface area contributed by atoms with Crippen molar-refractivity contribution in [1.82, 2.24) is 4.90 Å². The molecule has 1 unspecified atom stereocenters. The van der Waals surface area contributed by atoms with E-state index < -0.39 is 0 Å². The highest BCUT2D eigenvalue weighted by atomic mass is 79.9. The fraction of sp³-hybridized carbons (Fsp3) is 0.250. The molecule has 106 valence electrons. The van der Waals surface area contributed by atoms with Gasteiger partial charge in [0.2, 0.25) is 0 Å². The zero-order valence-corrected chi connectivity index (χ0v) is 13.0. The van der Waals surface area contributed by atoms with Gasteiger partial charge in [-0.3, -0.25) is 4.90 Å². The van der Waals surface area contributed by atoms with Crippen molar-refractivity contribution >= 4 is 15.9 Å². The molecule has 2 nitrogen and oxygen atoms in total. The maximum Gasteiger partial charge on any atom is 0.123 e. The molecule has 0 saturated heterocycles. The zero-order valence-electron chi connectivity index (χ0n) is 11.4. The molecule has 2 aromatic rings. The Morgan fingerprint density at radius 1 is 1.20 bits per heavy atom. The van der Waals surface area contributed by atoms with Crippen molar-refractivity contribution in [2.45, 2.75) is 12.6 Å². The van der Waals surface area contributed by atoms with Crippen LogP contribution in [0, 0.1) is 5.82 Å². The fourth-order valence-corrected chi connectivity index (χ4v) is 2.87. The van der Waals surface area contributed by atoms with Gasteiger partial charge in [0, 0.05) is 23.6 Å². The summed E-state index contributed by atoms with van der Waals surface area (Å²) in [5, 5.41) is 0. The summed E-state index contributed by atoms with van der Waals surface area (Å²) in [5.41, 5.74) is 8.01. The van der Waals surface area contributed by atoms with Crippen LogP contribution in [0.15, 0.2) is 53.0 Å². The molecule has 0 spiro atoms. The summed E-state index contributed by atoms with van der Waals surface area (Å²) >= 11 is 3.56. The Labute approximate surface area is 127 Å². The third kappa shape index (κ3) is 3.66. The predicted molar refractivity (Wildman–Crippen MR) is 83.8 cm³/mol. The first kappa shape index (κ1) is 15.2. The first-order chi connectivity index (χ1) is 9.61. The number of benzene rings is 2. The van der Waals surface area contributed by atoms with Crippen molar-refractivity contribution < 1.29 is 4.39 Å². The van der Waals surface area contributed by atoms with E-state index in [1.54, 1.807) is 12.1 Å². The van der Waals surface area contributed by atoms with Crippen LogP contribution >= 0.6 is 15.9 Å². The lowest BCUT2D eigenvalue weighted by Gasteiger charge is -2.28. The number of rotatable bonds is 5. The van der Waals surface area contributed by atoms with Crippen LogP contribution in [-0.4, -0.2) is 18.5 Å². The molecule has 2 aromatic carbocycles. The second kappa shape index (κ2) is 6.97. The average molecular weight is 337 g/mol. The minimum Gasteiger partial charge on any atom is -0.329 e. The highest BCUT2D eigenvalue weighted by Gasteiger charge is 2.17. The van der Waals surface area contributed by atoms with E-state index in [0.29, 0.717) is 13.1 Å². The van der Waals surface area contributed by atoms with Crippen LogP contribution in [0.5, 0.6) is 0 Å². The van der Waals surface area contributed by atoms with Gasteiger partial charge in [-0.25, -0.2) is 4.39 Å². The van der Waals surface area contributed by atoms with Crippen molar-refractivity contribution in [3.8, 4) is 0 Å². The van der Waals surface area contributed by atoms with Gasteiger partial charge in [0.25, 0.3) is 0 Å². The highest BCUT2D eigenvalue weighted by Crippen LogP contribution is 2.27. The smallest absolute Gasteiger partial charge is 0.123 e. The molecule has 0 bridgehead atoms. The largest absolute Gasteiger partial charge is 0.329 e. The highest BCUT2D eigenvalue weighted by molar-refractivity contribution is 9.10. The van der Waals surface area contributed by atoms with E-state index in [1.807, 2.05) is 31.3 Å². The maximum atomic E-state index is 13.2. The second-order valence-electron chi connectivity index (χ2n) is 4.82. The Morgan fingerprint density at radius 2 is 1.95 bits per heavy atom. The van der Waals surface area contributed by atoms with Crippen LogP contribution in [0.3, 0.4) is 0 Å². The van der Waals surface area contributed by atoms with Crippen molar-refractivity contribution in [2.75, 3.05) is 13.6 Å². The first-order valence-corrected chi connectivity index (χ1v) is 7.30. The average Bonchev–Trinajstić information content (AvgIpc) is 2.41. The molecular weight excluding hydrogens is 319 g/mol. The molecule has 0 heterocycles. The quantitative estimate of drug-likeness (QED) is 0.901. The molecule has 0 aromatic heterocycles. The monoisotopic (exact) mass is 336 g/mol. The van der Waals surface area contributed by atoms with Crippen molar-refractivity contribution in [1.29, 1.82) is 0 Å². The van der Waals surface area contributed by atoms with Gasteiger partial charge in [-0.05, 0) is 36.4 Å².